The predicted molar refractivity (Wildman–Crippen MR) is 258 cm³/mol. The average molecular weight is 1040 g/mol. The molecule has 2 rings (SSSR count). The van der Waals surface area contributed by atoms with Gasteiger partial charge in [-0.15, -0.1) is 0 Å². The molecule has 29 nitrogen and oxygen atoms in total. The summed E-state index contributed by atoms with van der Waals surface area (Å²) in [5.41, 5.74) is 27.5. The van der Waals surface area contributed by atoms with E-state index in [1.54, 1.807) is 13.8 Å². The van der Waals surface area contributed by atoms with Crippen molar-refractivity contribution >= 4 is 77.0 Å². The lowest BCUT2D eigenvalue weighted by Crippen LogP contribution is -2.61. The summed E-state index contributed by atoms with van der Waals surface area (Å²) < 4.78 is 0. The third-order valence-electron chi connectivity index (χ3n) is 12.4. The van der Waals surface area contributed by atoms with Gasteiger partial charge in [0.15, 0.2) is 5.96 Å². The van der Waals surface area contributed by atoms with Crippen LogP contribution in [0.25, 0.3) is 0 Å². The minimum atomic E-state index is -1.71. The third kappa shape index (κ3) is 20.5. The molecule has 10 amide bonds. The Morgan fingerprint density at radius 2 is 1.18 bits per heavy atom. The van der Waals surface area contributed by atoms with E-state index < -0.39 is 151 Å². The van der Waals surface area contributed by atoms with E-state index in [9.17, 15) is 62.6 Å². The second-order valence-corrected chi connectivity index (χ2v) is 18.2. The van der Waals surface area contributed by atoms with Crippen LogP contribution >= 0.6 is 0 Å². The van der Waals surface area contributed by atoms with Crippen LogP contribution in [-0.4, -0.2) is 178 Å². The van der Waals surface area contributed by atoms with Crippen molar-refractivity contribution in [2.24, 2.45) is 34.6 Å². The molecule has 0 bridgehead atoms. The third-order valence-corrected chi connectivity index (χ3v) is 12.4. The standard InChI is InChI=1S/C44H75N15O14/c1-4-22(2)34(40(69)53-25(14-15-31(47)60)36(65)55-27(43(72)73)10-5-6-16-45)57-37(66)28(21-32(48)61)56-39(68)30-13-9-19-59(30)42(71)26(11-7-17-51-44(49)50)54-35(64)23(3)52-38(67)29-12-8-18-58(29)41(70)24(46)20-33(62)63/h22-30,34H,4-21,45-46H2,1-3H3,(H2,47,60)(H2,48,61)(H,52,67)(H,53,69)(H,54,64)(H,55,65)(H,56,68)(H,57,66)(H,62,63)(H,72,73)(H4,49,50,51)/t22-,23-,24-,25-,26-,27-,28-,29-,30-,34-/m0/s1. The SMILES string of the molecule is CC[C@H](C)[C@H](NC(=O)[C@H](CC(N)=O)NC(=O)[C@@H]1CCCN1C(=O)[C@H](CCCNC(=N)N)NC(=O)[C@H](C)NC(=O)[C@@H]1CCCN1C(=O)[C@@H](N)CC(=O)O)C(=O)N[C@@H](CCC(N)=O)C(=O)N[C@@H](CCCCN)C(=O)O. The summed E-state index contributed by atoms with van der Waals surface area (Å²) >= 11 is 0. The number of carbonyl (C=O) groups excluding carboxylic acids is 10. The topological polar surface area (TPSA) is 490 Å². The Morgan fingerprint density at radius 3 is 1.71 bits per heavy atom. The molecule has 0 radical (unpaired) electrons. The number of primary amides is 2. The van der Waals surface area contributed by atoms with E-state index in [4.69, 9.17) is 39.2 Å². The van der Waals surface area contributed by atoms with E-state index in [-0.39, 0.29) is 83.5 Å². The minimum Gasteiger partial charge on any atom is -0.481 e. The molecule has 2 aliphatic rings. The van der Waals surface area contributed by atoms with Gasteiger partial charge in [-0.3, -0.25) is 58.1 Å². The number of likely N-dealkylation sites (tertiary alicyclic amines) is 2. The van der Waals surface area contributed by atoms with Gasteiger partial charge in [0, 0.05) is 26.1 Å². The zero-order valence-corrected chi connectivity index (χ0v) is 41.6. The number of rotatable bonds is 32. The zero-order chi connectivity index (χ0) is 55.1. The predicted octanol–water partition coefficient (Wildman–Crippen LogP) is -5.64. The second-order valence-electron chi connectivity index (χ2n) is 18.2. The van der Waals surface area contributed by atoms with Crippen LogP contribution < -0.4 is 65.9 Å². The van der Waals surface area contributed by atoms with Gasteiger partial charge in [0.25, 0.3) is 0 Å². The van der Waals surface area contributed by atoms with Gasteiger partial charge in [-0.1, -0.05) is 20.3 Å². The minimum absolute atomic E-state index is 0.00514. The maximum Gasteiger partial charge on any atom is 0.326 e. The first-order chi connectivity index (χ1) is 34.3. The summed E-state index contributed by atoms with van der Waals surface area (Å²) in [6.45, 7) is 5.11. The van der Waals surface area contributed by atoms with E-state index in [0.717, 1.165) is 4.90 Å². The fourth-order valence-corrected chi connectivity index (χ4v) is 8.23. The number of carboxylic acid groups (broad SMARTS) is 2. The largest absolute Gasteiger partial charge is 0.481 e. The lowest BCUT2D eigenvalue weighted by molar-refractivity contribution is -0.144. The molecule has 20 N–H and O–H groups in total. The number of amides is 10. The number of guanidine groups is 1. The van der Waals surface area contributed by atoms with Crippen molar-refractivity contribution in [3.63, 3.8) is 0 Å². The van der Waals surface area contributed by atoms with Gasteiger partial charge in [0.2, 0.25) is 59.1 Å². The number of unbranched alkanes of at least 4 members (excludes halogenated alkanes) is 1. The molecule has 0 aromatic carbocycles. The normalized spacial score (nSPS) is 18.5. The molecular weight excluding hydrogens is 963 g/mol. The highest BCUT2D eigenvalue weighted by atomic mass is 16.4. The van der Waals surface area contributed by atoms with Crippen molar-refractivity contribution < 1.29 is 67.7 Å². The number of hydrogen-bond acceptors (Lipinski definition) is 15. The van der Waals surface area contributed by atoms with Crippen molar-refractivity contribution in [3.8, 4) is 0 Å². The summed E-state index contributed by atoms with van der Waals surface area (Å²) in [5, 5.41) is 43.8. The second kappa shape index (κ2) is 30.7. The summed E-state index contributed by atoms with van der Waals surface area (Å²) in [6.07, 6.45) is 0.0166. The van der Waals surface area contributed by atoms with Gasteiger partial charge < -0.3 is 85.9 Å². The number of hydrogen-bond donors (Lipinski definition) is 15. The molecule has 2 saturated heterocycles. The summed E-state index contributed by atoms with van der Waals surface area (Å²) in [5.74, 6) is -12.4. The lowest BCUT2D eigenvalue weighted by atomic mass is 9.96. The van der Waals surface area contributed by atoms with E-state index in [0.29, 0.717) is 19.3 Å². The fourth-order valence-electron chi connectivity index (χ4n) is 8.23. The maximum absolute atomic E-state index is 14.3. The molecule has 2 fully saturated rings. The van der Waals surface area contributed by atoms with Gasteiger partial charge in [-0.2, -0.15) is 0 Å². The van der Waals surface area contributed by atoms with Gasteiger partial charge >= 0.3 is 11.9 Å². The van der Waals surface area contributed by atoms with Crippen LogP contribution in [0.3, 0.4) is 0 Å². The molecule has 2 heterocycles. The number of nitrogens with two attached hydrogens (primary N) is 5. The smallest absolute Gasteiger partial charge is 0.326 e. The van der Waals surface area contributed by atoms with Crippen LogP contribution in [0.15, 0.2) is 0 Å². The van der Waals surface area contributed by atoms with Crippen LogP contribution in [0.4, 0.5) is 0 Å². The molecule has 0 spiro atoms. The first-order valence-electron chi connectivity index (χ1n) is 24.3. The van der Waals surface area contributed by atoms with Gasteiger partial charge in [-0.05, 0) is 83.6 Å². The summed E-state index contributed by atoms with van der Waals surface area (Å²) in [4.78, 5) is 159. The monoisotopic (exact) mass is 1040 g/mol. The first kappa shape index (κ1) is 61.9. The molecule has 2 aliphatic heterocycles. The van der Waals surface area contributed by atoms with E-state index in [1.807, 2.05) is 0 Å². The zero-order valence-electron chi connectivity index (χ0n) is 41.6. The van der Waals surface area contributed by atoms with E-state index in [1.165, 1.54) is 11.8 Å². The van der Waals surface area contributed by atoms with Gasteiger partial charge in [0.1, 0.15) is 48.3 Å². The Kier molecular flexibility index (Phi) is 26.0. The van der Waals surface area contributed by atoms with E-state index >= 15 is 0 Å². The number of nitrogens with one attached hydrogen (secondary N) is 8. The fraction of sp³-hybridized carbons (Fsp3) is 0.705. The molecule has 29 heteroatoms. The highest BCUT2D eigenvalue weighted by Crippen LogP contribution is 2.22. The Morgan fingerprint density at radius 1 is 0.630 bits per heavy atom. The highest BCUT2D eigenvalue weighted by molar-refractivity contribution is 5.99. The lowest BCUT2D eigenvalue weighted by Gasteiger charge is -2.31. The molecule has 0 saturated carbocycles. The van der Waals surface area contributed by atoms with Crippen molar-refractivity contribution in [1.82, 2.24) is 47.0 Å². The maximum atomic E-state index is 14.3. The number of aliphatic carboxylic acids is 2. The van der Waals surface area contributed by atoms with Crippen LogP contribution in [0.5, 0.6) is 0 Å². The molecule has 73 heavy (non-hydrogen) atoms. The Balaban J connectivity index is 2.32. The Bertz CT molecular complexity index is 2030. The molecule has 410 valence electrons. The molecule has 0 unspecified atom stereocenters. The summed E-state index contributed by atoms with van der Waals surface area (Å²) in [7, 11) is 0. The van der Waals surface area contributed by atoms with Crippen molar-refractivity contribution in [3.05, 3.63) is 0 Å². The number of carbonyl (C=O) groups is 12. The Labute approximate surface area is 422 Å². The van der Waals surface area contributed by atoms with Gasteiger partial charge in [0.05, 0.1) is 18.9 Å². The molecule has 10 atom stereocenters. The first-order valence-corrected chi connectivity index (χ1v) is 24.3. The van der Waals surface area contributed by atoms with Crippen LogP contribution in [0, 0.1) is 11.3 Å². The molecule has 0 aromatic rings. The van der Waals surface area contributed by atoms with Crippen LogP contribution in [-0.2, 0) is 57.5 Å². The van der Waals surface area contributed by atoms with Crippen molar-refractivity contribution in [2.75, 3.05) is 26.2 Å². The van der Waals surface area contributed by atoms with Crippen molar-refractivity contribution in [2.45, 2.75) is 165 Å². The molecule has 0 aliphatic carbocycles. The van der Waals surface area contributed by atoms with Crippen molar-refractivity contribution in [1.29, 1.82) is 5.41 Å². The average Bonchev–Trinajstić information content (AvgIpc) is 4.02. The highest BCUT2D eigenvalue weighted by Gasteiger charge is 2.42. The molecular formula is C44H75N15O14. The summed E-state index contributed by atoms with van der Waals surface area (Å²) in [6, 6.07) is -12.3. The quantitative estimate of drug-likeness (QED) is 0.0170. The molecule has 0 aromatic heterocycles. The number of nitrogens with zero attached hydrogens (tertiary/aromatic N) is 2. The van der Waals surface area contributed by atoms with Crippen LogP contribution in [0.2, 0.25) is 0 Å². The number of carboxylic acids is 2. The van der Waals surface area contributed by atoms with Gasteiger partial charge in [-0.25, -0.2) is 4.79 Å². The Hall–Kier alpha value is -7.17. The van der Waals surface area contributed by atoms with Crippen LogP contribution in [0.1, 0.15) is 111 Å². The van der Waals surface area contributed by atoms with E-state index in [2.05, 4.69) is 37.2 Å².